The predicted molar refractivity (Wildman–Crippen MR) is 146 cm³/mol. The van der Waals surface area contributed by atoms with Gasteiger partial charge in [0.2, 0.25) is 11.7 Å². The van der Waals surface area contributed by atoms with Gasteiger partial charge in [0, 0.05) is 36.0 Å². The molecule has 0 fully saturated rings. The van der Waals surface area contributed by atoms with Crippen molar-refractivity contribution in [2.45, 2.75) is 6.54 Å². The highest BCUT2D eigenvalue weighted by atomic mass is 16.5. The molecule has 10 heteroatoms. The summed E-state index contributed by atoms with van der Waals surface area (Å²) in [6, 6.07) is 25.7. The summed E-state index contributed by atoms with van der Waals surface area (Å²) >= 11 is 0. The minimum Gasteiger partial charge on any atom is -0.493 e. The maximum atomic E-state index is 5.45. The Morgan fingerprint density at radius 2 is 1.47 bits per heavy atom. The van der Waals surface area contributed by atoms with Crippen LogP contribution in [0.1, 0.15) is 5.56 Å². The standard InChI is InChI=1S/C28H27N7O3/c1-36-23-14-21(15-24(37-2)26(23)38-3)32-27-30-18-31-28(33-27)35-22(20-12-8-5-9-13-20)16-25(34-35)29-17-19-10-6-4-7-11-19/h4-16,18H,17H2,1-3H3,(H,29,34)(H,30,31,32,33). The highest BCUT2D eigenvalue weighted by Gasteiger charge is 2.17. The lowest BCUT2D eigenvalue weighted by atomic mass is 10.1. The average Bonchev–Trinajstić information content (AvgIpc) is 3.41. The van der Waals surface area contributed by atoms with Gasteiger partial charge in [0.1, 0.15) is 12.1 Å². The third kappa shape index (κ3) is 5.34. The Morgan fingerprint density at radius 3 is 2.13 bits per heavy atom. The van der Waals surface area contributed by atoms with E-state index in [1.54, 1.807) is 38.1 Å². The fourth-order valence-corrected chi connectivity index (χ4v) is 3.96. The Morgan fingerprint density at radius 1 is 0.789 bits per heavy atom. The molecule has 5 aromatic rings. The second-order valence-corrected chi connectivity index (χ2v) is 8.18. The topological polar surface area (TPSA) is 108 Å². The van der Waals surface area contributed by atoms with E-state index in [2.05, 4.69) is 37.7 Å². The number of hydrogen-bond donors (Lipinski definition) is 2. The van der Waals surface area contributed by atoms with Crippen LogP contribution < -0.4 is 24.8 Å². The van der Waals surface area contributed by atoms with Gasteiger partial charge in [-0.3, -0.25) is 0 Å². The summed E-state index contributed by atoms with van der Waals surface area (Å²) in [6.45, 7) is 0.636. The smallest absolute Gasteiger partial charge is 0.255 e. The maximum Gasteiger partial charge on any atom is 0.255 e. The number of hydrogen-bond acceptors (Lipinski definition) is 9. The van der Waals surface area contributed by atoms with Crippen LogP contribution in [0.2, 0.25) is 0 Å². The number of rotatable bonds is 10. The van der Waals surface area contributed by atoms with Crippen LogP contribution in [0.5, 0.6) is 17.2 Å². The second kappa shape index (κ2) is 11.3. The fraction of sp³-hybridized carbons (Fsp3) is 0.143. The van der Waals surface area contributed by atoms with E-state index in [-0.39, 0.29) is 0 Å². The lowest BCUT2D eigenvalue weighted by molar-refractivity contribution is 0.324. The highest BCUT2D eigenvalue weighted by molar-refractivity contribution is 5.67. The summed E-state index contributed by atoms with van der Waals surface area (Å²) in [4.78, 5) is 13.3. The Bertz CT molecular complexity index is 1480. The van der Waals surface area contributed by atoms with Crippen molar-refractivity contribution in [3.05, 3.63) is 90.8 Å². The van der Waals surface area contributed by atoms with Crippen LogP contribution in [0.25, 0.3) is 17.2 Å². The Labute approximate surface area is 220 Å². The Kier molecular flexibility index (Phi) is 7.30. The molecule has 2 N–H and O–H groups in total. The van der Waals surface area contributed by atoms with Crippen molar-refractivity contribution in [1.82, 2.24) is 24.7 Å². The van der Waals surface area contributed by atoms with E-state index in [9.17, 15) is 0 Å². The molecule has 0 unspecified atom stereocenters. The highest BCUT2D eigenvalue weighted by Crippen LogP contribution is 2.40. The number of ether oxygens (including phenoxy) is 3. The van der Waals surface area contributed by atoms with E-state index in [1.807, 2.05) is 54.6 Å². The van der Waals surface area contributed by atoms with Gasteiger partial charge in [-0.1, -0.05) is 60.7 Å². The molecule has 0 amide bonds. The molecule has 38 heavy (non-hydrogen) atoms. The van der Waals surface area contributed by atoms with Crippen LogP contribution in [0, 0.1) is 0 Å². The molecule has 0 aliphatic carbocycles. The van der Waals surface area contributed by atoms with Crippen LogP contribution in [0.3, 0.4) is 0 Å². The van der Waals surface area contributed by atoms with Gasteiger partial charge < -0.3 is 24.8 Å². The first-order valence-electron chi connectivity index (χ1n) is 11.9. The minimum atomic E-state index is 0.331. The molecule has 0 bridgehead atoms. The summed E-state index contributed by atoms with van der Waals surface area (Å²) in [5.41, 5.74) is 3.63. The zero-order chi connectivity index (χ0) is 26.3. The van der Waals surface area contributed by atoms with Crippen LogP contribution in [-0.2, 0) is 6.54 Å². The fourth-order valence-electron chi connectivity index (χ4n) is 3.96. The van der Waals surface area contributed by atoms with Crippen LogP contribution in [-0.4, -0.2) is 46.1 Å². The zero-order valence-electron chi connectivity index (χ0n) is 21.3. The van der Waals surface area contributed by atoms with Gasteiger partial charge in [-0.25, -0.2) is 4.98 Å². The molecule has 5 rings (SSSR count). The normalized spacial score (nSPS) is 10.6. The molecule has 0 atom stereocenters. The van der Waals surface area contributed by atoms with Crippen LogP contribution in [0.15, 0.2) is 85.2 Å². The summed E-state index contributed by atoms with van der Waals surface area (Å²) in [5.74, 6) is 2.91. The molecule has 192 valence electrons. The lowest BCUT2D eigenvalue weighted by Crippen LogP contribution is -2.09. The zero-order valence-corrected chi connectivity index (χ0v) is 21.3. The van der Waals surface area contributed by atoms with Crippen LogP contribution in [0.4, 0.5) is 17.5 Å². The van der Waals surface area contributed by atoms with E-state index in [4.69, 9.17) is 19.3 Å². The van der Waals surface area contributed by atoms with Crippen LogP contribution >= 0.6 is 0 Å². The van der Waals surface area contributed by atoms with E-state index in [0.29, 0.717) is 47.2 Å². The SMILES string of the molecule is COc1cc(Nc2ncnc(-n3nc(NCc4ccccc4)cc3-c3ccccc3)n2)cc(OC)c1OC. The predicted octanol–water partition coefficient (Wildman–Crippen LogP) is 5.11. The summed E-state index contributed by atoms with van der Waals surface area (Å²) in [5, 5.41) is 11.4. The summed E-state index contributed by atoms with van der Waals surface area (Å²) in [7, 11) is 4.69. The van der Waals surface area contributed by atoms with Crippen molar-refractivity contribution in [3.8, 4) is 34.5 Å². The number of aromatic nitrogens is 5. The van der Waals surface area contributed by atoms with Gasteiger partial charge in [-0.15, -0.1) is 5.10 Å². The first-order chi connectivity index (χ1) is 18.7. The van der Waals surface area contributed by atoms with E-state index in [1.165, 1.54) is 6.33 Å². The van der Waals surface area contributed by atoms with Crippen molar-refractivity contribution in [3.63, 3.8) is 0 Å². The molecule has 0 saturated heterocycles. The Hall–Kier alpha value is -5.12. The first kappa shape index (κ1) is 24.6. The summed E-state index contributed by atoms with van der Waals surface area (Å²) in [6.07, 6.45) is 1.44. The molecule has 3 aromatic carbocycles. The van der Waals surface area contributed by atoms with E-state index in [0.717, 1.165) is 16.8 Å². The maximum absolute atomic E-state index is 5.45. The molecule has 0 aliphatic rings. The van der Waals surface area contributed by atoms with Crippen molar-refractivity contribution in [2.24, 2.45) is 0 Å². The van der Waals surface area contributed by atoms with Crippen molar-refractivity contribution < 1.29 is 14.2 Å². The number of benzene rings is 3. The minimum absolute atomic E-state index is 0.331. The van der Waals surface area contributed by atoms with E-state index < -0.39 is 0 Å². The molecular weight excluding hydrogens is 482 g/mol. The van der Waals surface area contributed by atoms with Gasteiger partial charge in [0.25, 0.3) is 5.95 Å². The third-order valence-electron chi connectivity index (χ3n) is 5.76. The monoisotopic (exact) mass is 509 g/mol. The molecule has 2 aromatic heterocycles. The molecule has 2 heterocycles. The number of nitrogens with zero attached hydrogens (tertiary/aromatic N) is 5. The number of anilines is 3. The second-order valence-electron chi connectivity index (χ2n) is 8.18. The van der Waals surface area contributed by atoms with Gasteiger partial charge in [-0.2, -0.15) is 14.6 Å². The van der Waals surface area contributed by atoms with Gasteiger partial charge in [-0.05, 0) is 5.56 Å². The number of methoxy groups -OCH3 is 3. The van der Waals surface area contributed by atoms with Gasteiger partial charge >= 0.3 is 0 Å². The van der Waals surface area contributed by atoms with Crippen molar-refractivity contribution in [2.75, 3.05) is 32.0 Å². The van der Waals surface area contributed by atoms with Gasteiger partial charge in [0.15, 0.2) is 11.5 Å². The number of nitrogens with one attached hydrogen (secondary N) is 2. The quantitative estimate of drug-likeness (QED) is 0.266. The third-order valence-corrected chi connectivity index (χ3v) is 5.76. The molecular formula is C28H27N7O3. The van der Waals surface area contributed by atoms with Crippen molar-refractivity contribution in [1.29, 1.82) is 0 Å². The van der Waals surface area contributed by atoms with Gasteiger partial charge in [0.05, 0.1) is 27.0 Å². The average molecular weight is 510 g/mol. The molecule has 0 spiro atoms. The molecule has 0 aliphatic heterocycles. The first-order valence-corrected chi connectivity index (χ1v) is 11.9. The van der Waals surface area contributed by atoms with E-state index >= 15 is 0 Å². The molecule has 0 saturated carbocycles. The molecule has 0 radical (unpaired) electrons. The molecule has 10 nitrogen and oxygen atoms in total. The largest absolute Gasteiger partial charge is 0.493 e. The van der Waals surface area contributed by atoms with Crippen molar-refractivity contribution >= 4 is 17.5 Å². The Balaban J connectivity index is 1.47. The lowest BCUT2D eigenvalue weighted by Gasteiger charge is -2.14. The summed E-state index contributed by atoms with van der Waals surface area (Å²) < 4.78 is 18.0.